The Kier molecular flexibility index (Phi) is 6.78. The van der Waals surface area contributed by atoms with Crippen LogP contribution in [0.3, 0.4) is 0 Å². The Labute approximate surface area is 142 Å². The fourth-order valence-electron chi connectivity index (χ4n) is 2.35. The topological polar surface area (TPSA) is 77.2 Å². The zero-order valence-electron chi connectivity index (χ0n) is 14.5. The van der Waals surface area contributed by atoms with Crippen LogP contribution in [0.25, 0.3) is 11.4 Å². The number of aromatic nitrogens is 2. The van der Waals surface area contributed by atoms with Gasteiger partial charge in [-0.15, -0.1) is 0 Å². The molecule has 6 nitrogen and oxygen atoms in total. The lowest BCUT2D eigenvalue weighted by molar-refractivity contribution is -0.121. The van der Waals surface area contributed by atoms with E-state index in [0.29, 0.717) is 31.2 Å². The molecule has 2 aromatic rings. The minimum absolute atomic E-state index is 0.0181. The first-order chi connectivity index (χ1) is 11.7. The summed E-state index contributed by atoms with van der Waals surface area (Å²) in [5.41, 5.74) is 0.856. The van der Waals surface area contributed by atoms with E-state index >= 15 is 0 Å². The lowest BCUT2D eigenvalue weighted by Gasteiger charge is -2.13. The largest absolute Gasteiger partial charge is 0.494 e. The highest BCUT2D eigenvalue weighted by Crippen LogP contribution is 2.20. The van der Waals surface area contributed by atoms with Gasteiger partial charge in [0.1, 0.15) is 5.75 Å². The Morgan fingerprint density at radius 1 is 1.21 bits per heavy atom. The second-order valence-electron chi connectivity index (χ2n) is 5.55. The Balaban J connectivity index is 1.89. The van der Waals surface area contributed by atoms with Crippen LogP contribution < -0.4 is 10.1 Å². The highest BCUT2D eigenvalue weighted by atomic mass is 16.5. The number of hydrogen-bond acceptors (Lipinski definition) is 5. The minimum Gasteiger partial charge on any atom is -0.494 e. The molecule has 1 aromatic heterocycles. The SMILES string of the molecule is CCOc1ccc(-c2noc(CCC(=O)NC(CC)CC)n2)cc1. The number of hydrogen-bond donors (Lipinski definition) is 1. The molecule has 0 spiro atoms. The van der Waals surface area contributed by atoms with Crippen LogP contribution in [0.5, 0.6) is 5.75 Å². The molecule has 24 heavy (non-hydrogen) atoms. The van der Waals surface area contributed by atoms with Crippen LogP contribution in [0.2, 0.25) is 0 Å². The van der Waals surface area contributed by atoms with Crippen molar-refractivity contribution < 1.29 is 14.1 Å². The van der Waals surface area contributed by atoms with Crippen molar-refractivity contribution in [1.82, 2.24) is 15.5 Å². The third kappa shape index (κ3) is 5.08. The summed E-state index contributed by atoms with van der Waals surface area (Å²) in [5.74, 6) is 1.82. The fraction of sp³-hybridized carbons (Fsp3) is 0.500. The van der Waals surface area contributed by atoms with E-state index in [1.54, 1.807) is 0 Å². The Bertz CT molecular complexity index is 633. The summed E-state index contributed by atoms with van der Waals surface area (Å²) in [6.07, 6.45) is 2.66. The van der Waals surface area contributed by atoms with Crippen LogP contribution in [0.4, 0.5) is 0 Å². The summed E-state index contributed by atoms with van der Waals surface area (Å²) in [5, 5.41) is 6.98. The van der Waals surface area contributed by atoms with Crippen LogP contribution in [0, 0.1) is 0 Å². The molecule has 2 rings (SSSR count). The highest BCUT2D eigenvalue weighted by molar-refractivity contribution is 5.76. The fourth-order valence-corrected chi connectivity index (χ4v) is 2.35. The van der Waals surface area contributed by atoms with Gasteiger partial charge in [-0.05, 0) is 44.0 Å². The third-order valence-electron chi connectivity index (χ3n) is 3.81. The first-order valence-corrected chi connectivity index (χ1v) is 8.51. The Hall–Kier alpha value is -2.37. The van der Waals surface area contributed by atoms with Crippen LogP contribution >= 0.6 is 0 Å². The molecule has 0 saturated carbocycles. The van der Waals surface area contributed by atoms with Crippen LogP contribution in [0.1, 0.15) is 45.9 Å². The van der Waals surface area contributed by atoms with Gasteiger partial charge < -0.3 is 14.6 Å². The lowest BCUT2D eigenvalue weighted by Crippen LogP contribution is -2.33. The van der Waals surface area contributed by atoms with E-state index in [1.165, 1.54) is 0 Å². The van der Waals surface area contributed by atoms with E-state index in [-0.39, 0.29) is 11.9 Å². The van der Waals surface area contributed by atoms with E-state index in [1.807, 2.05) is 31.2 Å². The zero-order valence-corrected chi connectivity index (χ0v) is 14.5. The number of nitrogens with one attached hydrogen (secondary N) is 1. The lowest BCUT2D eigenvalue weighted by atomic mass is 10.1. The van der Waals surface area contributed by atoms with Crippen LogP contribution in [0.15, 0.2) is 28.8 Å². The molecule has 0 bridgehead atoms. The molecule has 0 radical (unpaired) electrons. The summed E-state index contributed by atoms with van der Waals surface area (Å²) in [6.45, 7) is 6.70. The second-order valence-corrected chi connectivity index (χ2v) is 5.55. The van der Waals surface area contributed by atoms with Crippen molar-refractivity contribution in [2.24, 2.45) is 0 Å². The van der Waals surface area contributed by atoms with E-state index < -0.39 is 0 Å². The van der Waals surface area contributed by atoms with Crippen molar-refractivity contribution in [3.63, 3.8) is 0 Å². The number of carbonyl (C=O) groups is 1. The maximum atomic E-state index is 11.9. The number of carbonyl (C=O) groups excluding carboxylic acids is 1. The molecule has 0 atom stereocenters. The molecule has 1 amide bonds. The summed E-state index contributed by atoms with van der Waals surface area (Å²) >= 11 is 0. The summed E-state index contributed by atoms with van der Waals surface area (Å²) in [6, 6.07) is 7.76. The molecule has 0 saturated heterocycles. The first kappa shape index (κ1) is 18.0. The summed E-state index contributed by atoms with van der Waals surface area (Å²) in [4.78, 5) is 16.3. The normalized spacial score (nSPS) is 10.8. The van der Waals surface area contributed by atoms with Crippen molar-refractivity contribution in [2.75, 3.05) is 6.61 Å². The van der Waals surface area contributed by atoms with Crippen molar-refractivity contribution in [3.8, 4) is 17.1 Å². The Morgan fingerprint density at radius 3 is 2.54 bits per heavy atom. The molecule has 130 valence electrons. The van der Waals surface area contributed by atoms with Gasteiger partial charge in [-0.1, -0.05) is 19.0 Å². The molecule has 0 fully saturated rings. The van der Waals surface area contributed by atoms with Gasteiger partial charge in [0.2, 0.25) is 17.6 Å². The van der Waals surface area contributed by atoms with Gasteiger partial charge in [0.05, 0.1) is 6.61 Å². The number of aryl methyl sites for hydroxylation is 1. The average molecular weight is 331 g/mol. The standard InChI is InChI=1S/C18H25N3O3/c1-4-14(5-2)19-16(22)11-12-17-20-18(21-24-17)13-7-9-15(10-8-13)23-6-3/h7-10,14H,4-6,11-12H2,1-3H3,(H,19,22). The monoisotopic (exact) mass is 331 g/mol. The minimum atomic E-state index is 0.0181. The van der Waals surface area contributed by atoms with Crippen LogP contribution in [-0.2, 0) is 11.2 Å². The van der Waals surface area contributed by atoms with Gasteiger partial charge in [-0.3, -0.25) is 4.79 Å². The molecule has 1 aromatic carbocycles. The third-order valence-corrected chi connectivity index (χ3v) is 3.81. The Morgan fingerprint density at radius 2 is 1.92 bits per heavy atom. The van der Waals surface area contributed by atoms with Gasteiger partial charge >= 0.3 is 0 Å². The maximum absolute atomic E-state index is 11.9. The molecule has 1 N–H and O–H groups in total. The number of benzene rings is 1. The quantitative estimate of drug-likeness (QED) is 0.762. The smallest absolute Gasteiger partial charge is 0.227 e. The zero-order chi connectivity index (χ0) is 17.4. The predicted octanol–water partition coefficient (Wildman–Crippen LogP) is 3.37. The molecule has 0 aliphatic carbocycles. The molecule has 1 heterocycles. The van der Waals surface area contributed by atoms with E-state index in [2.05, 4.69) is 29.3 Å². The van der Waals surface area contributed by atoms with Gasteiger partial charge in [0.15, 0.2) is 0 Å². The van der Waals surface area contributed by atoms with Gasteiger partial charge in [-0.2, -0.15) is 4.98 Å². The van der Waals surface area contributed by atoms with Crippen molar-refractivity contribution >= 4 is 5.91 Å². The van der Waals surface area contributed by atoms with Crippen LogP contribution in [-0.4, -0.2) is 28.7 Å². The van der Waals surface area contributed by atoms with E-state index in [0.717, 1.165) is 24.2 Å². The maximum Gasteiger partial charge on any atom is 0.227 e. The second kappa shape index (κ2) is 9.05. The number of rotatable bonds is 9. The molecular weight excluding hydrogens is 306 g/mol. The average Bonchev–Trinajstić information content (AvgIpc) is 3.08. The number of nitrogens with zero attached hydrogens (tertiary/aromatic N) is 2. The summed E-state index contributed by atoms with van der Waals surface area (Å²) < 4.78 is 10.6. The van der Waals surface area contributed by atoms with Gasteiger partial charge in [-0.25, -0.2) is 0 Å². The highest BCUT2D eigenvalue weighted by Gasteiger charge is 2.12. The number of amides is 1. The van der Waals surface area contributed by atoms with E-state index in [4.69, 9.17) is 9.26 Å². The van der Waals surface area contributed by atoms with Gasteiger partial charge in [0.25, 0.3) is 0 Å². The van der Waals surface area contributed by atoms with E-state index in [9.17, 15) is 4.79 Å². The van der Waals surface area contributed by atoms with Crippen molar-refractivity contribution in [1.29, 1.82) is 0 Å². The van der Waals surface area contributed by atoms with Crippen molar-refractivity contribution in [3.05, 3.63) is 30.2 Å². The molecule has 0 aliphatic heterocycles. The summed E-state index contributed by atoms with van der Waals surface area (Å²) in [7, 11) is 0. The van der Waals surface area contributed by atoms with Crippen molar-refractivity contribution in [2.45, 2.75) is 52.5 Å². The van der Waals surface area contributed by atoms with Gasteiger partial charge in [0, 0.05) is 24.4 Å². The number of ether oxygens (including phenoxy) is 1. The molecular formula is C18H25N3O3. The molecule has 0 unspecified atom stereocenters. The molecule has 0 aliphatic rings. The first-order valence-electron chi connectivity index (χ1n) is 8.51. The molecule has 6 heteroatoms. The predicted molar refractivity (Wildman–Crippen MR) is 91.7 cm³/mol.